The SMILES string of the molecule is Cc1ccc2oc(C(=O)Nc3ccc(Br)cc3F)cc2n1. The summed E-state index contributed by atoms with van der Waals surface area (Å²) in [6.07, 6.45) is 0. The van der Waals surface area contributed by atoms with Crippen LogP contribution in [0.2, 0.25) is 0 Å². The molecule has 0 saturated carbocycles. The molecule has 2 aromatic heterocycles. The average Bonchev–Trinajstić information content (AvgIpc) is 2.85. The first-order valence-corrected chi connectivity index (χ1v) is 6.96. The number of aryl methyl sites for hydroxylation is 1. The van der Waals surface area contributed by atoms with Crippen molar-refractivity contribution in [2.24, 2.45) is 0 Å². The Balaban J connectivity index is 1.89. The van der Waals surface area contributed by atoms with Crippen molar-refractivity contribution >= 4 is 38.6 Å². The Kier molecular flexibility index (Phi) is 3.47. The number of hydrogen-bond donors (Lipinski definition) is 1. The van der Waals surface area contributed by atoms with Gasteiger partial charge in [0.1, 0.15) is 11.3 Å². The van der Waals surface area contributed by atoms with E-state index in [1.54, 1.807) is 18.2 Å². The third-order valence-electron chi connectivity index (χ3n) is 2.92. The normalized spacial score (nSPS) is 10.8. The molecule has 0 atom stereocenters. The van der Waals surface area contributed by atoms with Crippen molar-refractivity contribution < 1.29 is 13.6 Å². The Labute approximate surface area is 128 Å². The minimum Gasteiger partial charge on any atom is -0.449 e. The molecule has 0 bridgehead atoms. The van der Waals surface area contributed by atoms with Gasteiger partial charge < -0.3 is 9.73 Å². The van der Waals surface area contributed by atoms with Crippen LogP contribution in [0.15, 0.2) is 45.3 Å². The lowest BCUT2D eigenvalue weighted by atomic mass is 10.3. The molecule has 3 rings (SSSR count). The minimum atomic E-state index is -0.525. The number of nitrogens with zero attached hydrogens (tertiary/aromatic N) is 1. The molecule has 0 aliphatic heterocycles. The molecule has 0 aliphatic rings. The number of benzene rings is 1. The molecule has 0 saturated heterocycles. The van der Waals surface area contributed by atoms with Crippen molar-refractivity contribution in [3.63, 3.8) is 0 Å². The van der Waals surface area contributed by atoms with Gasteiger partial charge in [0.25, 0.3) is 5.91 Å². The minimum absolute atomic E-state index is 0.0884. The summed E-state index contributed by atoms with van der Waals surface area (Å²) in [5, 5.41) is 2.47. The van der Waals surface area contributed by atoms with Crippen LogP contribution in [0.3, 0.4) is 0 Å². The molecule has 0 radical (unpaired) electrons. The van der Waals surface area contributed by atoms with Gasteiger partial charge in [-0.15, -0.1) is 0 Å². The Bertz CT molecular complexity index is 845. The monoisotopic (exact) mass is 348 g/mol. The number of pyridine rings is 1. The van der Waals surface area contributed by atoms with Gasteiger partial charge in [0, 0.05) is 16.2 Å². The average molecular weight is 349 g/mol. The van der Waals surface area contributed by atoms with E-state index in [0.29, 0.717) is 15.6 Å². The van der Waals surface area contributed by atoms with Crippen LogP contribution in [0.4, 0.5) is 10.1 Å². The zero-order chi connectivity index (χ0) is 15.0. The molecule has 1 amide bonds. The predicted molar refractivity (Wildman–Crippen MR) is 80.8 cm³/mol. The zero-order valence-corrected chi connectivity index (χ0v) is 12.6. The maximum Gasteiger partial charge on any atom is 0.291 e. The van der Waals surface area contributed by atoms with Crippen molar-refractivity contribution in [1.82, 2.24) is 4.98 Å². The van der Waals surface area contributed by atoms with Crippen LogP contribution in [0.1, 0.15) is 16.2 Å². The fourth-order valence-corrected chi connectivity index (χ4v) is 2.25. The van der Waals surface area contributed by atoms with Crippen molar-refractivity contribution in [3.8, 4) is 0 Å². The van der Waals surface area contributed by atoms with E-state index in [4.69, 9.17) is 4.42 Å². The highest BCUT2D eigenvalue weighted by molar-refractivity contribution is 9.10. The molecule has 106 valence electrons. The molecule has 0 spiro atoms. The Morgan fingerprint density at radius 2 is 2.10 bits per heavy atom. The number of aromatic nitrogens is 1. The molecule has 2 heterocycles. The lowest BCUT2D eigenvalue weighted by Crippen LogP contribution is -2.11. The van der Waals surface area contributed by atoms with Gasteiger partial charge in [0.15, 0.2) is 11.3 Å². The molecule has 0 fully saturated rings. The van der Waals surface area contributed by atoms with Crippen LogP contribution < -0.4 is 5.32 Å². The van der Waals surface area contributed by atoms with Crippen LogP contribution in [-0.2, 0) is 0 Å². The third kappa shape index (κ3) is 2.80. The van der Waals surface area contributed by atoms with E-state index in [9.17, 15) is 9.18 Å². The van der Waals surface area contributed by atoms with Crippen LogP contribution in [-0.4, -0.2) is 10.9 Å². The van der Waals surface area contributed by atoms with Crippen molar-refractivity contribution in [3.05, 3.63) is 58.1 Å². The van der Waals surface area contributed by atoms with E-state index in [2.05, 4.69) is 26.2 Å². The van der Waals surface area contributed by atoms with E-state index in [-0.39, 0.29) is 11.4 Å². The van der Waals surface area contributed by atoms with Gasteiger partial charge in [-0.25, -0.2) is 9.37 Å². The van der Waals surface area contributed by atoms with Gasteiger partial charge >= 0.3 is 0 Å². The number of carbonyl (C=O) groups excluding carboxylic acids is 1. The molecule has 4 nitrogen and oxygen atoms in total. The predicted octanol–water partition coefficient (Wildman–Crippen LogP) is 4.29. The summed E-state index contributed by atoms with van der Waals surface area (Å²) in [5.74, 6) is -0.958. The lowest BCUT2D eigenvalue weighted by molar-refractivity contribution is 0.0998. The van der Waals surface area contributed by atoms with Crippen LogP contribution in [0.5, 0.6) is 0 Å². The Hall–Kier alpha value is -2.21. The van der Waals surface area contributed by atoms with Gasteiger partial charge in [0.2, 0.25) is 0 Å². The van der Waals surface area contributed by atoms with Crippen molar-refractivity contribution in [1.29, 1.82) is 0 Å². The van der Waals surface area contributed by atoms with E-state index in [1.807, 2.05) is 6.92 Å². The number of amides is 1. The third-order valence-corrected chi connectivity index (χ3v) is 3.41. The highest BCUT2D eigenvalue weighted by Crippen LogP contribution is 2.22. The van der Waals surface area contributed by atoms with Gasteiger partial charge in [-0.05, 0) is 37.3 Å². The zero-order valence-electron chi connectivity index (χ0n) is 11.0. The Morgan fingerprint density at radius 3 is 2.86 bits per heavy atom. The molecule has 0 aliphatic carbocycles. The van der Waals surface area contributed by atoms with Crippen molar-refractivity contribution in [2.45, 2.75) is 6.92 Å². The summed E-state index contributed by atoms with van der Waals surface area (Å²) in [7, 11) is 0. The number of hydrogen-bond acceptors (Lipinski definition) is 3. The number of furan rings is 1. The van der Waals surface area contributed by atoms with Gasteiger partial charge in [0.05, 0.1) is 5.69 Å². The quantitative estimate of drug-likeness (QED) is 0.751. The number of halogens is 2. The molecular weight excluding hydrogens is 339 g/mol. The largest absolute Gasteiger partial charge is 0.449 e. The first-order valence-electron chi connectivity index (χ1n) is 6.16. The summed E-state index contributed by atoms with van der Waals surface area (Å²) in [4.78, 5) is 16.4. The highest BCUT2D eigenvalue weighted by atomic mass is 79.9. The summed E-state index contributed by atoms with van der Waals surface area (Å²) in [6, 6.07) is 9.47. The van der Waals surface area contributed by atoms with Gasteiger partial charge in [-0.1, -0.05) is 15.9 Å². The fraction of sp³-hybridized carbons (Fsp3) is 0.0667. The van der Waals surface area contributed by atoms with E-state index in [0.717, 1.165) is 5.69 Å². The molecule has 21 heavy (non-hydrogen) atoms. The number of carbonyl (C=O) groups is 1. The topological polar surface area (TPSA) is 55.1 Å². The molecule has 3 aromatic rings. The first-order chi connectivity index (χ1) is 10.0. The second kappa shape index (κ2) is 5.29. The summed E-state index contributed by atoms with van der Waals surface area (Å²) in [5.41, 5.74) is 2.03. The molecule has 0 unspecified atom stereocenters. The number of fused-ring (bicyclic) bond motifs is 1. The second-order valence-corrected chi connectivity index (χ2v) is 5.44. The van der Waals surface area contributed by atoms with E-state index < -0.39 is 11.7 Å². The van der Waals surface area contributed by atoms with Crippen LogP contribution in [0, 0.1) is 12.7 Å². The summed E-state index contributed by atoms with van der Waals surface area (Å²) >= 11 is 3.16. The summed E-state index contributed by atoms with van der Waals surface area (Å²) in [6.45, 7) is 1.85. The van der Waals surface area contributed by atoms with Gasteiger partial charge in [-0.3, -0.25) is 4.79 Å². The van der Waals surface area contributed by atoms with Gasteiger partial charge in [-0.2, -0.15) is 0 Å². The number of anilines is 1. The standard InChI is InChI=1S/C15H10BrFN2O2/c1-8-2-5-13-12(18-8)7-14(21-13)15(20)19-11-4-3-9(16)6-10(11)17/h2-7H,1H3,(H,19,20). The smallest absolute Gasteiger partial charge is 0.291 e. The number of rotatable bonds is 2. The lowest BCUT2D eigenvalue weighted by Gasteiger charge is -2.04. The fourth-order valence-electron chi connectivity index (χ4n) is 1.91. The molecule has 1 aromatic carbocycles. The van der Waals surface area contributed by atoms with E-state index >= 15 is 0 Å². The molecular formula is C15H10BrFN2O2. The highest BCUT2D eigenvalue weighted by Gasteiger charge is 2.15. The number of nitrogens with one attached hydrogen (secondary N) is 1. The van der Waals surface area contributed by atoms with Crippen LogP contribution >= 0.6 is 15.9 Å². The Morgan fingerprint density at radius 1 is 1.29 bits per heavy atom. The van der Waals surface area contributed by atoms with Crippen molar-refractivity contribution in [2.75, 3.05) is 5.32 Å². The first kappa shape index (κ1) is 13.8. The van der Waals surface area contributed by atoms with Crippen LogP contribution in [0.25, 0.3) is 11.1 Å². The maximum atomic E-state index is 13.7. The second-order valence-electron chi connectivity index (χ2n) is 4.52. The van der Waals surface area contributed by atoms with E-state index in [1.165, 1.54) is 18.2 Å². The maximum absolute atomic E-state index is 13.7. The summed E-state index contributed by atoms with van der Waals surface area (Å²) < 4.78 is 19.7. The molecule has 6 heteroatoms. The molecule has 1 N–H and O–H groups in total.